The van der Waals surface area contributed by atoms with Crippen LogP contribution in [0, 0.1) is 17.3 Å². The Morgan fingerprint density at radius 2 is 2.21 bits per heavy atom. The Bertz CT molecular complexity index is 384. The predicted molar refractivity (Wildman–Crippen MR) is 41.8 cm³/mol. The lowest BCUT2D eigenvalue weighted by Gasteiger charge is -2.07. The minimum atomic E-state index is -2.88. The number of nitriles is 1. The van der Waals surface area contributed by atoms with E-state index in [4.69, 9.17) is 11.0 Å². The van der Waals surface area contributed by atoms with Crippen LogP contribution < -0.4 is 5.73 Å². The second-order valence-electron chi connectivity index (χ2n) is 2.47. The molecule has 0 bridgehead atoms. The normalized spacial score (nSPS) is 10.3. The van der Waals surface area contributed by atoms with Crippen LogP contribution in [-0.4, -0.2) is 4.98 Å². The number of halogens is 3. The van der Waals surface area contributed by atoms with Gasteiger partial charge in [0.25, 0.3) is 6.43 Å². The molecule has 14 heavy (non-hydrogen) atoms. The molecule has 0 aliphatic rings. The molecule has 6 heteroatoms. The third-order valence-electron chi connectivity index (χ3n) is 1.64. The molecule has 3 nitrogen and oxygen atoms in total. The quantitative estimate of drug-likeness (QED) is 0.737. The van der Waals surface area contributed by atoms with E-state index in [0.717, 1.165) is 0 Å². The number of hydrogen-bond acceptors (Lipinski definition) is 3. The molecule has 0 spiro atoms. The summed E-state index contributed by atoms with van der Waals surface area (Å²) in [5.74, 6) is -0.980. The first-order valence-electron chi connectivity index (χ1n) is 3.67. The number of alkyl halides is 2. The van der Waals surface area contributed by atoms with Gasteiger partial charge in [0, 0.05) is 12.6 Å². The van der Waals surface area contributed by atoms with E-state index in [2.05, 4.69) is 4.98 Å². The molecule has 1 aromatic heterocycles. The molecule has 74 valence electrons. The third kappa shape index (κ3) is 1.83. The molecule has 0 aliphatic heterocycles. The Kier molecular flexibility index (Phi) is 3.04. The lowest BCUT2D eigenvalue weighted by Crippen LogP contribution is -2.08. The van der Waals surface area contributed by atoms with Gasteiger partial charge in [-0.2, -0.15) is 9.65 Å². The van der Waals surface area contributed by atoms with Crippen LogP contribution in [-0.2, 0) is 6.54 Å². The van der Waals surface area contributed by atoms with Crippen LogP contribution in [0.25, 0.3) is 0 Å². The molecule has 0 saturated heterocycles. The summed E-state index contributed by atoms with van der Waals surface area (Å²) in [5.41, 5.74) is 3.82. The second kappa shape index (κ2) is 4.07. The highest BCUT2D eigenvalue weighted by molar-refractivity contribution is 5.40. The van der Waals surface area contributed by atoms with Crippen LogP contribution in [0.15, 0.2) is 6.07 Å². The fourth-order valence-corrected chi connectivity index (χ4v) is 1.07. The zero-order chi connectivity index (χ0) is 10.7. The van der Waals surface area contributed by atoms with E-state index in [9.17, 15) is 13.2 Å². The van der Waals surface area contributed by atoms with Crippen molar-refractivity contribution in [1.82, 2.24) is 4.98 Å². The minimum Gasteiger partial charge on any atom is -0.325 e. The molecule has 0 unspecified atom stereocenters. The van der Waals surface area contributed by atoms with Crippen LogP contribution in [0.2, 0.25) is 0 Å². The topological polar surface area (TPSA) is 62.7 Å². The Morgan fingerprint density at radius 3 is 2.64 bits per heavy atom. The molecule has 0 aromatic carbocycles. The Balaban J connectivity index is 3.42. The summed E-state index contributed by atoms with van der Waals surface area (Å²) in [4.78, 5) is 3.20. The van der Waals surface area contributed by atoms with Crippen LogP contribution in [0.5, 0.6) is 0 Å². The number of nitrogens with two attached hydrogens (primary N) is 1. The van der Waals surface area contributed by atoms with E-state index in [1.807, 2.05) is 0 Å². The van der Waals surface area contributed by atoms with Gasteiger partial charge < -0.3 is 5.73 Å². The van der Waals surface area contributed by atoms with Crippen molar-refractivity contribution < 1.29 is 13.2 Å². The first kappa shape index (κ1) is 10.5. The van der Waals surface area contributed by atoms with Crippen molar-refractivity contribution in [2.45, 2.75) is 13.0 Å². The van der Waals surface area contributed by atoms with Crippen molar-refractivity contribution >= 4 is 0 Å². The number of rotatable bonds is 2. The lowest BCUT2D eigenvalue weighted by molar-refractivity contribution is 0.149. The van der Waals surface area contributed by atoms with E-state index >= 15 is 0 Å². The molecular weight excluding hydrogens is 195 g/mol. The van der Waals surface area contributed by atoms with Crippen molar-refractivity contribution in [3.8, 4) is 6.07 Å². The second-order valence-corrected chi connectivity index (χ2v) is 2.47. The molecule has 1 aromatic rings. The molecule has 1 rings (SSSR count). The fraction of sp³-hybridized carbons (Fsp3) is 0.250. The summed E-state index contributed by atoms with van der Waals surface area (Å²) in [7, 11) is 0. The Morgan fingerprint density at radius 1 is 1.57 bits per heavy atom. The predicted octanol–water partition coefficient (Wildman–Crippen LogP) is 1.49. The summed E-state index contributed by atoms with van der Waals surface area (Å²) >= 11 is 0. The van der Waals surface area contributed by atoms with Gasteiger partial charge in [0.1, 0.15) is 0 Å². The number of nitrogens with zero attached hydrogens (tertiary/aromatic N) is 2. The third-order valence-corrected chi connectivity index (χ3v) is 1.64. The molecule has 0 radical (unpaired) electrons. The molecule has 0 fully saturated rings. The first-order chi connectivity index (χ1) is 6.60. The Labute approximate surface area is 78.0 Å². The van der Waals surface area contributed by atoms with Gasteiger partial charge in [0.15, 0.2) is 0 Å². The van der Waals surface area contributed by atoms with Gasteiger partial charge in [-0.1, -0.05) is 0 Å². The van der Waals surface area contributed by atoms with E-state index in [0.29, 0.717) is 6.07 Å². The lowest BCUT2D eigenvalue weighted by atomic mass is 10.1. The zero-order valence-electron chi connectivity index (χ0n) is 6.97. The number of hydrogen-bond donors (Lipinski definition) is 1. The van der Waals surface area contributed by atoms with Gasteiger partial charge in [0.2, 0.25) is 5.95 Å². The van der Waals surface area contributed by atoms with Crippen molar-refractivity contribution in [1.29, 1.82) is 5.26 Å². The highest BCUT2D eigenvalue weighted by Gasteiger charge is 2.19. The molecule has 0 atom stereocenters. The largest absolute Gasteiger partial charge is 0.325 e. The average molecular weight is 201 g/mol. The number of pyridine rings is 1. The smallest absolute Gasteiger partial charge is 0.266 e. The van der Waals surface area contributed by atoms with Gasteiger partial charge in [-0.05, 0) is 0 Å². The standard InChI is InChI=1S/C8H6F3N3/c9-6-1-4(2-12)7(8(10)11)5(3-13)14-6/h1,8H,3,13H2. The van der Waals surface area contributed by atoms with E-state index in [-0.39, 0.29) is 12.2 Å². The average Bonchev–Trinajstić information content (AvgIpc) is 2.15. The molecule has 0 aliphatic carbocycles. The van der Waals surface area contributed by atoms with Gasteiger partial charge in [-0.15, -0.1) is 0 Å². The van der Waals surface area contributed by atoms with E-state index in [1.54, 1.807) is 0 Å². The summed E-state index contributed by atoms with van der Waals surface area (Å²) in [6.07, 6.45) is -2.88. The van der Waals surface area contributed by atoms with Crippen molar-refractivity contribution in [3.05, 3.63) is 28.8 Å². The van der Waals surface area contributed by atoms with Gasteiger partial charge in [0.05, 0.1) is 22.9 Å². The molecule has 2 N–H and O–H groups in total. The van der Waals surface area contributed by atoms with Crippen molar-refractivity contribution in [2.24, 2.45) is 5.73 Å². The zero-order valence-corrected chi connectivity index (χ0v) is 6.97. The maximum atomic E-state index is 12.7. The van der Waals surface area contributed by atoms with Crippen LogP contribution in [0.4, 0.5) is 13.2 Å². The molecular formula is C8H6F3N3. The van der Waals surface area contributed by atoms with Gasteiger partial charge >= 0.3 is 0 Å². The molecule has 0 amide bonds. The summed E-state index contributed by atoms with van der Waals surface area (Å²) in [6, 6.07) is 2.14. The summed E-state index contributed by atoms with van der Waals surface area (Å²) in [5, 5.41) is 8.49. The minimum absolute atomic E-state index is 0.281. The Hall–Kier alpha value is -1.61. The van der Waals surface area contributed by atoms with E-state index in [1.165, 1.54) is 6.07 Å². The maximum absolute atomic E-state index is 12.7. The fourth-order valence-electron chi connectivity index (χ4n) is 1.07. The monoisotopic (exact) mass is 201 g/mol. The van der Waals surface area contributed by atoms with Gasteiger partial charge in [-0.3, -0.25) is 0 Å². The summed E-state index contributed by atoms with van der Waals surface area (Å²) < 4.78 is 37.5. The highest BCUT2D eigenvalue weighted by atomic mass is 19.3. The van der Waals surface area contributed by atoms with Crippen LogP contribution >= 0.6 is 0 Å². The highest BCUT2D eigenvalue weighted by Crippen LogP contribution is 2.25. The maximum Gasteiger partial charge on any atom is 0.266 e. The number of aromatic nitrogens is 1. The van der Waals surface area contributed by atoms with E-state index < -0.39 is 23.5 Å². The van der Waals surface area contributed by atoms with Crippen molar-refractivity contribution in [2.75, 3.05) is 0 Å². The molecule has 0 saturated carbocycles. The first-order valence-corrected chi connectivity index (χ1v) is 3.67. The summed E-state index contributed by atoms with van der Waals surface area (Å²) in [6.45, 7) is -0.327. The van der Waals surface area contributed by atoms with Gasteiger partial charge in [-0.25, -0.2) is 13.8 Å². The SMILES string of the molecule is N#Cc1cc(F)nc(CN)c1C(F)F. The van der Waals surface area contributed by atoms with Crippen LogP contribution in [0.1, 0.15) is 23.2 Å². The van der Waals surface area contributed by atoms with Crippen molar-refractivity contribution in [3.63, 3.8) is 0 Å². The molecule has 1 heterocycles. The van der Waals surface area contributed by atoms with Crippen LogP contribution in [0.3, 0.4) is 0 Å².